The van der Waals surface area contributed by atoms with Crippen molar-refractivity contribution >= 4 is 12.6 Å². The number of aromatic nitrogens is 6. The number of pyridine rings is 2. The molecule has 3 rings (SSSR count). The average Bonchev–Trinajstić information content (AvgIpc) is 2.49. The van der Waals surface area contributed by atoms with E-state index in [1.54, 1.807) is 24.5 Å². The second kappa shape index (κ2) is 5.07. The summed E-state index contributed by atoms with van der Waals surface area (Å²) in [4.78, 5) is 9.06. The minimum absolute atomic E-state index is 0.369. The number of thiol groups is 1. The van der Waals surface area contributed by atoms with Crippen LogP contribution in [0.25, 0.3) is 23.0 Å². The largest absolute Gasteiger partial charge is 0.253 e. The monoisotopic (exact) mass is 268 g/mol. The highest BCUT2D eigenvalue weighted by atomic mass is 32.1. The lowest BCUT2D eigenvalue weighted by Gasteiger charge is -1.99. The Morgan fingerprint density at radius 3 is 1.95 bits per heavy atom. The highest BCUT2D eigenvalue weighted by molar-refractivity contribution is 7.80. The molecule has 0 spiro atoms. The zero-order chi connectivity index (χ0) is 13.1. The molecule has 0 N–H and O–H groups in total. The first-order valence-electron chi connectivity index (χ1n) is 5.47. The van der Waals surface area contributed by atoms with Crippen LogP contribution in [-0.2, 0) is 0 Å². The maximum absolute atomic E-state index is 4.17. The van der Waals surface area contributed by atoms with E-state index in [1.165, 1.54) is 0 Å². The third kappa shape index (κ3) is 2.55. The van der Waals surface area contributed by atoms with Crippen LogP contribution in [0.2, 0.25) is 0 Å². The standard InChI is InChI=1S/C12H8N6S/c19-8-4-5-10(14-7-8)12-17-15-11(16-18-12)9-3-1-2-6-13-9/h1-7,19H. The summed E-state index contributed by atoms with van der Waals surface area (Å²) in [5, 5.41) is 16.0. The summed E-state index contributed by atoms with van der Waals surface area (Å²) >= 11 is 4.17. The van der Waals surface area contributed by atoms with Crippen molar-refractivity contribution in [1.29, 1.82) is 0 Å². The predicted molar refractivity (Wildman–Crippen MR) is 71.3 cm³/mol. The number of hydrogen-bond acceptors (Lipinski definition) is 7. The van der Waals surface area contributed by atoms with E-state index in [1.807, 2.05) is 18.2 Å². The maximum atomic E-state index is 4.17. The molecule has 3 heterocycles. The van der Waals surface area contributed by atoms with E-state index in [9.17, 15) is 0 Å². The highest BCUT2D eigenvalue weighted by Gasteiger charge is 2.07. The molecule has 0 aliphatic rings. The molecule has 0 bridgehead atoms. The van der Waals surface area contributed by atoms with E-state index in [0.29, 0.717) is 23.0 Å². The lowest BCUT2D eigenvalue weighted by molar-refractivity contribution is 0.864. The van der Waals surface area contributed by atoms with E-state index < -0.39 is 0 Å². The van der Waals surface area contributed by atoms with Crippen molar-refractivity contribution < 1.29 is 0 Å². The molecule has 3 aromatic rings. The predicted octanol–water partition coefficient (Wildman–Crippen LogP) is 1.68. The second-order valence-electron chi connectivity index (χ2n) is 3.66. The Balaban J connectivity index is 1.93. The van der Waals surface area contributed by atoms with Crippen molar-refractivity contribution in [3.63, 3.8) is 0 Å². The van der Waals surface area contributed by atoms with Crippen molar-refractivity contribution in [2.45, 2.75) is 4.90 Å². The molecule has 92 valence electrons. The minimum Gasteiger partial charge on any atom is -0.253 e. The molecule has 0 aliphatic carbocycles. The van der Waals surface area contributed by atoms with Crippen molar-refractivity contribution in [3.05, 3.63) is 42.7 Å². The molecule has 19 heavy (non-hydrogen) atoms. The van der Waals surface area contributed by atoms with Gasteiger partial charge < -0.3 is 0 Å². The van der Waals surface area contributed by atoms with Crippen LogP contribution in [0.4, 0.5) is 0 Å². The first kappa shape index (κ1) is 11.7. The minimum atomic E-state index is 0.369. The summed E-state index contributed by atoms with van der Waals surface area (Å²) < 4.78 is 0. The van der Waals surface area contributed by atoms with Crippen LogP contribution in [0.15, 0.2) is 47.6 Å². The van der Waals surface area contributed by atoms with E-state index >= 15 is 0 Å². The smallest absolute Gasteiger partial charge is 0.221 e. The third-order valence-electron chi connectivity index (χ3n) is 2.35. The molecule has 7 heteroatoms. The quantitative estimate of drug-likeness (QED) is 0.712. The van der Waals surface area contributed by atoms with Gasteiger partial charge in [-0.15, -0.1) is 33.0 Å². The van der Waals surface area contributed by atoms with Crippen LogP contribution in [0.1, 0.15) is 0 Å². The molecule has 0 fully saturated rings. The first-order chi connectivity index (χ1) is 9.33. The second-order valence-corrected chi connectivity index (χ2v) is 4.18. The van der Waals surface area contributed by atoms with Gasteiger partial charge >= 0.3 is 0 Å². The van der Waals surface area contributed by atoms with E-state index in [-0.39, 0.29) is 0 Å². The summed E-state index contributed by atoms with van der Waals surface area (Å²) in [6, 6.07) is 9.05. The molecule has 6 nitrogen and oxygen atoms in total. The molecule has 0 atom stereocenters. The topological polar surface area (TPSA) is 77.3 Å². The van der Waals surface area contributed by atoms with Gasteiger partial charge in [-0.2, -0.15) is 0 Å². The first-order valence-corrected chi connectivity index (χ1v) is 5.92. The normalized spacial score (nSPS) is 10.4. The zero-order valence-electron chi connectivity index (χ0n) is 9.67. The van der Waals surface area contributed by atoms with E-state index in [2.05, 4.69) is 43.0 Å². The van der Waals surface area contributed by atoms with Crippen LogP contribution in [0.5, 0.6) is 0 Å². The molecule has 0 amide bonds. The molecule has 3 aromatic heterocycles. The Labute approximate surface area is 114 Å². The van der Waals surface area contributed by atoms with Crippen LogP contribution in [0.3, 0.4) is 0 Å². The van der Waals surface area contributed by atoms with Crippen molar-refractivity contribution in [3.8, 4) is 23.0 Å². The van der Waals surface area contributed by atoms with Gasteiger partial charge in [-0.1, -0.05) is 6.07 Å². The van der Waals surface area contributed by atoms with E-state index in [4.69, 9.17) is 0 Å². The van der Waals surface area contributed by atoms with Crippen molar-refractivity contribution in [2.75, 3.05) is 0 Å². The fourth-order valence-corrected chi connectivity index (χ4v) is 1.58. The van der Waals surface area contributed by atoms with Gasteiger partial charge in [0.25, 0.3) is 0 Å². The Kier molecular flexibility index (Phi) is 3.11. The van der Waals surface area contributed by atoms with Crippen molar-refractivity contribution in [1.82, 2.24) is 30.4 Å². The molecule has 0 unspecified atom stereocenters. The molecule has 0 saturated heterocycles. The van der Waals surface area contributed by atoms with Gasteiger partial charge in [0, 0.05) is 17.3 Å². The Bertz CT molecular complexity index is 669. The fourth-order valence-electron chi connectivity index (χ4n) is 1.45. The highest BCUT2D eigenvalue weighted by Crippen LogP contribution is 2.13. The maximum Gasteiger partial charge on any atom is 0.221 e. The zero-order valence-corrected chi connectivity index (χ0v) is 10.6. The fraction of sp³-hybridized carbons (Fsp3) is 0. The van der Waals surface area contributed by atoms with Crippen LogP contribution < -0.4 is 0 Å². The van der Waals surface area contributed by atoms with E-state index in [0.717, 1.165) is 4.90 Å². The third-order valence-corrected chi connectivity index (χ3v) is 2.61. The van der Waals surface area contributed by atoms with Gasteiger partial charge in [-0.3, -0.25) is 9.97 Å². The summed E-state index contributed by atoms with van der Waals surface area (Å²) in [7, 11) is 0. The molecule has 0 radical (unpaired) electrons. The Morgan fingerprint density at radius 1 is 0.737 bits per heavy atom. The van der Waals surface area contributed by atoms with Gasteiger partial charge in [0.1, 0.15) is 11.4 Å². The van der Waals surface area contributed by atoms with Gasteiger partial charge in [0.15, 0.2) is 0 Å². The molecule has 0 aromatic carbocycles. The van der Waals surface area contributed by atoms with Crippen LogP contribution in [-0.4, -0.2) is 30.4 Å². The molecular weight excluding hydrogens is 260 g/mol. The van der Waals surface area contributed by atoms with Crippen LogP contribution >= 0.6 is 12.6 Å². The summed E-state index contributed by atoms with van der Waals surface area (Å²) in [6.07, 6.45) is 3.29. The SMILES string of the molecule is Sc1ccc(-c2nnc(-c3ccccn3)nn2)nc1. The molecule has 0 saturated carbocycles. The average molecular weight is 268 g/mol. The number of rotatable bonds is 2. The molecule has 0 aliphatic heterocycles. The van der Waals surface area contributed by atoms with Gasteiger partial charge in [-0.05, 0) is 24.3 Å². The summed E-state index contributed by atoms with van der Waals surface area (Å²) in [6.45, 7) is 0. The van der Waals surface area contributed by atoms with Crippen LogP contribution in [0, 0.1) is 0 Å². The van der Waals surface area contributed by atoms with Crippen molar-refractivity contribution in [2.24, 2.45) is 0 Å². The summed E-state index contributed by atoms with van der Waals surface area (Å²) in [5.74, 6) is 0.753. The lowest BCUT2D eigenvalue weighted by atomic mass is 10.3. The van der Waals surface area contributed by atoms with Gasteiger partial charge in [0.2, 0.25) is 11.6 Å². The molecular formula is C12H8N6S. The van der Waals surface area contributed by atoms with Gasteiger partial charge in [0.05, 0.1) is 0 Å². The number of hydrogen-bond donors (Lipinski definition) is 1. The lowest BCUT2D eigenvalue weighted by Crippen LogP contribution is -2.01. The Hall–Kier alpha value is -2.41. The number of nitrogens with zero attached hydrogens (tertiary/aromatic N) is 6. The van der Waals surface area contributed by atoms with Gasteiger partial charge in [-0.25, -0.2) is 0 Å². The summed E-state index contributed by atoms with van der Waals surface area (Å²) in [5.41, 5.74) is 1.23. The Morgan fingerprint density at radius 2 is 1.42 bits per heavy atom.